The first kappa shape index (κ1) is 19.9. The fraction of sp³-hybridized carbons (Fsp3) is 0.409. The number of fused-ring (bicyclic) bond motifs is 2. The Bertz CT molecular complexity index is 1100. The fourth-order valence-electron chi connectivity index (χ4n) is 4.43. The summed E-state index contributed by atoms with van der Waals surface area (Å²) in [7, 11) is 0.426. The van der Waals surface area contributed by atoms with Gasteiger partial charge in [0.25, 0.3) is 5.91 Å². The molecule has 0 bridgehead atoms. The molecular weight excluding hydrogens is 417 g/mol. The second-order valence-electron chi connectivity index (χ2n) is 8.11. The smallest absolute Gasteiger partial charge is 0.268 e. The fourth-order valence-corrected chi connectivity index (χ4v) is 6.02. The minimum Gasteiger partial charge on any atom is -0.305 e. The lowest BCUT2D eigenvalue weighted by Gasteiger charge is -2.36. The van der Waals surface area contributed by atoms with Crippen molar-refractivity contribution in [1.29, 1.82) is 0 Å². The van der Waals surface area contributed by atoms with Crippen LogP contribution in [-0.4, -0.2) is 56.3 Å². The van der Waals surface area contributed by atoms with Gasteiger partial charge < -0.3 is 9.30 Å². The largest absolute Gasteiger partial charge is 0.305 e. The summed E-state index contributed by atoms with van der Waals surface area (Å²) in [6.07, 6.45) is 12.2. The number of halogens is 1. The zero-order valence-corrected chi connectivity index (χ0v) is 18.9. The summed E-state index contributed by atoms with van der Waals surface area (Å²) in [4.78, 5) is 19.9. The average Bonchev–Trinajstić information content (AvgIpc) is 3.14. The van der Waals surface area contributed by atoms with E-state index in [4.69, 9.17) is 16.7 Å². The van der Waals surface area contributed by atoms with E-state index in [1.165, 1.54) is 0 Å². The zero-order valence-electron chi connectivity index (χ0n) is 17.2. The van der Waals surface area contributed by atoms with Crippen LogP contribution >= 0.6 is 20.2 Å². The maximum atomic E-state index is 12.9. The number of nitrogens with zero attached hydrogens (tertiary/aromatic N) is 5. The van der Waals surface area contributed by atoms with Gasteiger partial charge in [0.1, 0.15) is 0 Å². The average molecular weight is 442 g/mol. The monoisotopic (exact) mass is 441 g/mol. The Balaban J connectivity index is 1.39. The number of aromatic nitrogens is 2. The van der Waals surface area contributed by atoms with Gasteiger partial charge in [0.15, 0.2) is 5.65 Å². The molecular formula is C22H25ClN5OP. The number of aryl methyl sites for hydroxylation is 1. The molecule has 3 aliphatic rings. The maximum Gasteiger partial charge on any atom is 0.268 e. The van der Waals surface area contributed by atoms with Gasteiger partial charge in [0, 0.05) is 30.0 Å². The van der Waals surface area contributed by atoms with Crippen LogP contribution in [0.15, 0.2) is 41.8 Å². The number of likely N-dealkylation sites (tertiary alicyclic amines) is 1. The highest BCUT2D eigenvalue weighted by Gasteiger charge is 2.32. The first-order chi connectivity index (χ1) is 14.5. The second kappa shape index (κ2) is 7.92. The molecule has 0 saturated carbocycles. The van der Waals surface area contributed by atoms with E-state index >= 15 is 0 Å². The third-order valence-corrected chi connectivity index (χ3v) is 7.88. The summed E-state index contributed by atoms with van der Waals surface area (Å²) >= 11 is 6.45. The zero-order chi connectivity index (χ0) is 20.8. The molecule has 6 nitrogen and oxygen atoms in total. The van der Waals surface area contributed by atoms with Crippen LogP contribution in [0.2, 0.25) is 5.02 Å². The van der Waals surface area contributed by atoms with E-state index in [2.05, 4.69) is 29.0 Å². The molecule has 5 rings (SSSR count). The summed E-state index contributed by atoms with van der Waals surface area (Å²) < 4.78 is 1.94. The Morgan fingerprint density at radius 1 is 1.27 bits per heavy atom. The minimum atomic E-state index is -0.0559. The van der Waals surface area contributed by atoms with Crippen molar-refractivity contribution < 1.29 is 4.79 Å². The molecule has 30 heavy (non-hydrogen) atoms. The molecule has 156 valence electrons. The van der Waals surface area contributed by atoms with E-state index in [9.17, 15) is 4.79 Å². The van der Waals surface area contributed by atoms with E-state index in [0.717, 1.165) is 60.4 Å². The quantitative estimate of drug-likeness (QED) is 0.672. The molecule has 0 spiro atoms. The molecule has 2 aromatic rings. The molecule has 2 unspecified atom stereocenters. The molecule has 0 radical (unpaired) electrons. The van der Waals surface area contributed by atoms with Gasteiger partial charge in [-0.2, -0.15) is 5.10 Å². The highest BCUT2D eigenvalue weighted by Crippen LogP contribution is 2.45. The molecule has 1 saturated heterocycles. The Morgan fingerprint density at radius 3 is 2.83 bits per heavy atom. The van der Waals surface area contributed by atoms with Crippen LogP contribution in [0.25, 0.3) is 11.0 Å². The van der Waals surface area contributed by atoms with Crippen LogP contribution in [-0.2, 0) is 4.79 Å². The molecule has 3 aliphatic heterocycles. The summed E-state index contributed by atoms with van der Waals surface area (Å²) in [5.74, 6) is 0.368. The molecule has 0 N–H and O–H groups in total. The van der Waals surface area contributed by atoms with Crippen molar-refractivity contribution in [2.75, 3.05) is 19.6 Å². The first-order valence-electron chi connectivity index (χ1n) is 10.5. The van der Waals surface area contributed by atoms with Crippen LogP contribution in [0.3, 0.4) is 0 Å². The van der Waals surface area contributed by atoms with Gasteiger partial charge in [-0.05, 0) is 56.9 Å². The number of allylic oxidation sites excluding steroid dienone is 1. The van der Waals surface area contributed by atoms with Crippen LogP contribution in [0.1, 0.15) is 31.0 Å². The lowest BCUT2D eigenvalue weighted by atomic mass is 9.91. The van der Waals surface area contributed by atoms with Crippen molar-refractivity contribution in [2.45, 2.75) is 32.5 Å². The standard InChI is InChI=1S/C22H25ClN5OP/c1-3-26-8-6-15(7-9-26)18-4-5-21-28(25-18)20(29)11-19(30-21)16-10-17(23)22-24-14(2)12-27(22)13-16/h4-5,10-13,15,21,30H,3,6-9H2,1-2H3. The Labute approximate surface area is 183 Å². The Morgan fingerprint density at radius 2 is 2.07 bits per heavy atom. The lowest BCUT2D eigenvalue weighted by Crippen LogP contribution is -2.40. The number of amides is 1. The number of carbonyl (C=O) groups excluding carboxylic acids is 1. The molecule has 0 aromatic carbocycles. The Kier molecular flexibility index (Phi) is 5.26. The van der Waals surface area contributed by atoms with Crippen molar-refractivity contribution in [3.05, 3.63) is 53.0 Å². The summed E-state index contributed by atoms with van der Waals surface area (Å²) in [6, 6.07) is 1.91. The molecule has 2 atom stereocenters. The second-order valence-corrected chi connectivity index (χ2v) is 9.94. The van der Waals surface area contributed by atoms with E-state index < -0.39 is 0 Å². The van der Waals surface area contributed by atoms with Gasteiger partial charge in [-0.25, -0.2) is 9.99 Å². The number of rotatable bonds is 3. The highest BCUT2D eigenvalue weighted by molar-refractivity contribution is 7.51. The van der Waals surface area contributed by atoms with Gasteiger partial charge in [-0.3, -0.25) is 4.79 Å². The van der Waals surface area contributed by atoms with Crippen LogP contribution in [0, 0.1) is 12.8 Å². The van der Waals surface area contributed by atoms with Gasteiger partial charge >= 0.3 is 0 Å². The van der Waals surface area contributed by atoms with Crippen molar-refractivity contribution in [3.8, 4) is 0 Å². The van der Waals surface area contributed by atoms with Crippen molar-refractivity contribution in [2.24, 2.45) is 11.0 Å². The number of hydrogen-bond donors (Lipinski definition) is 0. The van der Waals surface area contributed by atoms with Crippen LogP contribution in [0.5, 0.6) is 0 Å². The third-order valence-electron chi connectivity index (χ3n) is 6.12. The van der Waals surface area contributed by atoms with Gasteiger partial charge in [0.05, 0.1) is 22.2 Å². The summed E-state index contributed by atoms with van der Waals surface area (Å²) in [5.41, 5.74) is 3.67. The van der Waals surface area contributed by atoms with E-state index in [0.29, 0.717) is 19.5 Å². The molecule has 1 amide bonds. The highest BCUT2D eigenvalue weighted by atomic mass is 35.5. The Hall–Kier alpha value is -2.01. The maximum absolute atomic E-state index is 12.9. The van der Waals surface area contributed by atoms with Crippen molar-refractivity contribution in [3.63, 3.8) is 0 Å². The molecule has 0 aliphatic carbocycles. The molecule has 2 aromatic heterocycles. The third kappa shape index (κ3) is 3.62. The number of hydrogen-bond acceptors (Lipinski definition) is 4. The van der Waals surface area contributed by atoms with Crippen molar-refractivity contribution in [1.82, 2.24) is 19.3 Å². The molecule has 5 heterocycles. The van der Waals surface area contributed by atoms with E-state index in [-0.39, 0.29) is 11.7 Å². The molecule has 1 fully saturated rings. The summed E-state index contributed by atoms with van der Waals surface area (Å²) in [6.45, 7) is 7.47. The first-order valence-corrected chi connectivity index (χ1v) is 11.9. The predicted octanol–water partition coefficient (Wildman–Crippen LogP) is 4.14. The molecule has 8 heteroatoms. The van der Waals surface area contributed by atoms with Crippen molar-refractivity contribution >= 4 is 42.8 Å². The lowest BCUT2D eigenvalue weighted by molar-refractivity contribution is -0.126. The number of pyridine rings is 1. The number of carbonyl (C=O) groups is 1. The normalized spacial score (nSPS) is 23.8. The minimum absolute atomic E-state index is 0.0176. The summed E-state index contributed by atoms with van der Waals surface area (Å²) in [5, 5.41) is 8.05. The van der Waals surface area contributed by atoms with Gasteiger partial charge in [-0.1, -0.05) is 33.2 Å². The van der Waals surface area contributed by atoms with Gasteiger partial charge in [0.2, 0.25) is 0 Å². The number of piperidine rings is 1. The van der Waals surface area contributed by atoms with Crippen LogP contribution < -0.4 is 0 Å². The predicted molar refractivity (Wildman–Crippen MR) is 123 cm³/mol. The SMILES string of the molecule is CCN1CCC(C2=NN3C(=O)C=C(c4cc(Cl)c5nc(C)cn5c4)PC3C=C2)CC1. The number of imidazole rings is 1. The van der Waals surface area contributed by atoms with E-state index in [1.807, 2.05) is 29.8 Å². The number of hydrazone groups is 1. The van der Waals surface area contributed by atoms with Gasteiger partial charge in [-0.15, -0.1) is 0 Å². The topological polar surface area (TPSA) is 53.2 Å². The van der Waals surface area contributed by atoms with Crippen LogP contribution in [0.4, 0.5) is 0 Å². The van der Waals surface area contributed by atoms with E-state index in [1.54, 1.807) is 11.1 Å².